The first kappa shape index (κ1) is 26.3. The average molecular weight is 491 g/mol. The van der Waals surface area contributed by atoms with E-state index in [1.807, 2.05) is 36.4 Å². The van der Waals surface area contributed by atoms with E-state index in [1.54, 1.807) is 44.6 Å². The van der Waals surface area contributed by atoms with Crippen LogP contribution in [0, 0.1) is 0 Å². The maximum atomic E-state index is 12.8. The van der Waals surface area contributed by atoms with E-state index in [9.17, 15) is 13.2 Å². The lowest BCUT2D eigenvalue weighted by atomic mass is 10.2. The number of hydrogen-bond acceptors (Lipinski definition) is 6. The highest BCUT2D eigenvalue weighted by Gasteiger charge is 2.25. The molecule has 1 atom stereocenters. The lowest BCUT2D eigenvalue weighted by Gasteiger charge is -2.21. The standard InChI is InChI=1S/C24H26N2O5S.ClH/c1-26(2)24(27)23(30-18-19-8-6-7-16-25-19)15-17-32(28,29)22-13-11-21(12-14-22)31-20-9-4-3-5-10-20;/h3-14,16,23H,15,17-18H2,1-2H3;1H. The molecule has 3 aromatic rings. The summed E-state index contributed by atoms with van der Waals surface area (Å²) in [5, 5.41) is 0. The van der Waals surface area contributed by atoms with Gasteiger partial charge in [-0.1, -0.05) is 24.3 Å². The van der Waals surface area contributed by atoms with Gasteiger partial charge in [0.05, 0.1) is 22.9 Å². The van der Waals surface area contributed by atoms with Gasteiger partial charge in [-0.2, -0.15) is 0 Å². The van der Waals surface area contributed by atoms with Crippen LogP contribution in [0.5, 0.6) is 11.5 Å². The van der Waals surface area contributed by atoms with Gasteiger partial charge in [-0.15, -0.1) is 12.4 Å². The second-order valence-corrected chi connectivity index (χ2v) is 9.46. The molecule has 2 aromatic carbocycles. The number of nitrogens with zero attached hydrogens (tertiary/aromatic N) is 2. The zero-order valence-corrected chi connectivity index (χ0v) is 20.1. The fraction of sp³-hybridized carbons (Fsp3) is 0.250. The van der Waals surface area contributed by atoms with Crippen LogP contribution in [0.3, 0.4) is 0 Å². The van der Waals surface area contributed by atoms with Crippen molar-refractivity contribution in [2.75, 3.05) is 19.8 Å². The molecule has 33 heavy (non-hydrogen) atoms. The first-order valence-corrected chi connectivity index (χ1v) is 11.8. The lowest BCUT2D eigenvalue weighted by molar-refractivity contribution is -0.142. The van der Waals surface area contributed by atoms with Crippen molar-refractivity contribution in [1.29, 1.82) is 0 Å². The van der Waals surface area contributed by atoms with Crippen molar-refractivity contribution < 1.29 is 22.7 Å². The molecule has 0 spiro atoms. The summed E-state index contributed by atoms with van der Waals surface area (Å²) < 4.78 is 37.1. The Bertz CT molecular complexity index is 1110. The van der Waals surface area contributed by atoms with Gasteiger partial charge in [0.2, 0.25) is 0 Å². The molecule has 0 aliphatic rings. The average Bonchev–Trinajstić information content (AvgIpc) is 2.80. The number of para-hydroxylation sites is 1. The van der Waals surface area contributed by atoms with Crippen LogP contribution in [-0.4, -0.2) is 50.2 Å². The normalized spacial score (nSPS) is 11.8. The summed E-state index contributed by atoms with van der Waals surface area (Å²) in [5.41, 5.74) is 0.668. The number of ether oxygens (including phenoxy) is 2. The second-order valence-electron chi connectivity index (χ2n) is 7.35. The van der Waals surface area contributed by atoms with Gasteiger partial charge in [-0.25, -0.2) is 8.42 Å². The Morgan fingerprint density at radius 2 is 1.58 bits per heavy atom. The molecular weight excluding hydrogens is 464 g/mol. The van der Waals surface area contributed by atoms with Gasteiger partial charge < -0.3 is 14.4 Å². The van der Waals surface area contributed by atoms with E-state index in [0.717, 1.165) is 0 Å². The smallest absolute Gasteiger partial charge is 0.251 e. The Morgan fingerprint density at radius 1 is 0.939 bits per heavy atom. The predicted molar refractivity (Wildman–Crippen MR) is 128 cm³/mol. The van der Waals surface area contributed by atoms with Crippen LogP contribution in [0.1, 0.15) is 12.1 Å². The molecule has 1 aromatic heterocycles. The summed E-state index contributed by atoms with van der Waals surface area (Å²) in [6.45, 7) is 0.122. The molecule has 0 N–H and O–H groups in total. The molecule has 9 heteroatoms. The SMILES string of the molecule is CN(C)C(=O)C(CCS(=O)(=O)c1ccc(Oc2ccccc2)cc1)OCc1ccccn1.Cl. The molecular formula is C24H27ClN2O5S. The number of hydrogen-bond donors (Lipinski definition) is 0. The van der Waals surface area contributed by atoms with Crippen molar-refractivity contribution in [3.63, 3.8) is 0 Å². The van der Waals surface area contributed by atoms with E-state index in [2.05, 4.69) is 4.98 Å². The number of carbonyl (C=O) groups excluding carboxylic acids is 1. The fourth-order valence-electron chi connectivity index (χ4n) is 2.96. The van der Waals surface area contributed by atoms with Crippen molar-refractivity contribution in [1.82, 2.24) is 9.88 Å². The number of aromatic nitrogens is 1. The number of benzene rings is 2. The summed E-state index contributed by atoms with van der Waals surface area (Å²) in [7, 11) is -0.388. The van der Waals surface area contributed by atoms with Crippen molar-refractivity contribution >= 4 is 28.2 Å². The Morgan fingerprint density at radius 3 is 2.18 bits per heavy atom. The van der Waals surface area contributed by atoms with E-state index in [1.165, 1.54) is 17.0 Å². The van der Waals surface area contributed by atoms with Gasteiger partial charge in [-0.3, -0.25) is 9.78 Å². The number of rotatable bonds is 10. The Hall–Kier alpha value is -2.94. The van der Waals surface area contributed by atoms with Crippen LogP contribution in [0.4, 0.5) is 0 Å². The van der Waals surface area contributed by atoms with Crippen LogP contribution in [-0.2, 0) is 26.0 Å². The summed E-state index contributed by atoms with van der Waals surface area (Å²) in [6, 6.07) is 20.9. The van der Waals surface area contributed by atoms with Crippen LogP contribution in [0.2, 0.25) is 0 Å². The fourth-order valence-corrected chi connectivity index (χ4v) is 4.27. The minimum absolute atomic E-state index is 0. The van der Waals surface area contributed by atoms with E-state index >= 15 is 0 Å². The summed E-state index contributed by atoms with van der Waals surface area (Å²) in [4.78, 5) is 18.2. The molecule has 0 bridgehead atoms. The van der Waals surface area contributed by atoms with E-state index < -0.39 is 15.9 Å². The third-order valence-corrected chi connectivity index (χ3v) is 6.45. The molecule has 7 nitrogen and oxygen atoms in total. The molecule has 1 amide bonds. The van der Waals surface area contributed by atoms with Crippen LogP contribution < -0.4 is 4.74 Å². The highest BCUT2D eigenvalue weighted by atomic mass is 35.5. The number of likely N-dealkylation sites (N-methyl/N-ethyl adjacent to an activating group) is 1. The molecule has 0 radical (unpaired) electrons. The Labute approximate surface area is 200 Å². The third-order valence-electron chi connectivity index (χ3n) is 4.69. The van der Waals surface area contributed by atoms with Gasteiger partial charge in [-0.05, 0) is 55.0 Å². The molecule has 0 aliphatic heterocycles. The van der Waals surface area contributed by atoms with E-state index in [-0.39, 0.29) is 42.0 Å². The minimum Gasteiger partial charge on any atom is -0.457 e. The topological polar surface area (TPSA) is 85.8 Å². The molecule has 0 saturated heterocycles. The number of sulfone groups is 1. The number of halogens is 1. The molecule has 0 saturated carbocycles. The summed E-state index contributed by atoms with van der Waals surface area (Å²) >= 11 is 0. The largest absolute Gasteiger partial charge is 0.457 e. The second kappa shape index (κ2) is 12.3. The molecule has 176 valence electrons. The first-order valence-electron chi connectivity index (χ1n) is 10.1. The Balaban J connectivity index is 0.00000385. The van der Waals surface area contributed by atoms with Gasteiger partial charge in [0.1, 0.15) is 17.6 Å². The van der Waals surface area contributed by atoms with Crippen molar-refractivity contribution in [3.8, 4) is 11.5 Å². The highest BCUT2D eigenvalue weighted by Crippen LogP contribution is 2.23. The maximum absolute atomic E-state index is 12.8. The third kappa shape index (κ3) is 7.85. The van der Waals surface area contributed by atoms with E-state index in [0.29, 0.717) is 17.2 Å². The maximum Gasteiger partial charge on any atom is 0.251 e. The molecule has 3 rings (SSSR count). The number of amides is 1. The van der Waals surface area contributed by atoms with Crippen LogP contribution in [0.15, 0.2) is 83.9 Å². The van der Waals surface area contributed by atoms with Gasteiger partial charge in [0, 0.05) is 20.3 Å². The number of carbonyl (C=O) groups is 1. The zero-order chi connectivity index (χ0) is 23.0. The molecule has 1 unspecified atom stereocenters. The summed E-state index contributed by atoms with van der Waals surface area (Å²) in [5.74, 6) is 0.689. The van der Waals surface area contributed by atoms with Crippen molar-refractivity contribution in [2.45, 2.75) is 24.0 Å². The van der Waals surface area contributed by atoms with Crippen LogP contribution >= 0.6 is 12.4 Å². The Kier molecular flexibility index (Phi) is 9.84. The van der Waals surface area contributed by atoms with E-state index in [4.69, 9.17) is 9.47 Å². The lowest BCUT2D eigenvalue weighted by Crippen LogP contribution is -2.36. The predicted octanol–water partition coefficient (Wildman–Crippen LogP) is 4.13. The van der Waals surface area contributed by atoms with Gasteiger partial charge >= 0.3 is 0 Å². The molecule has 1 heterocycles. The molecule has 0 aliphatic carbocycles. The van der Waals surface area contributed by atoms with Crippen molar-refractivity contribution in [3.05, 3.63) is 84.7 Å². The summed E-state index contributed by atoms with van der Waals surface area (Å²) in [6.07, 6.45) is 0.786. The zero-order valence-electron chi connectivity index (χ0n) is 18.5. The molecule has 0 fully saturated rings. The quantitative estimate of drug-likeness (QED) is 0.424. The highest BCUT2D eigenvalue weighted by molar-refractivity contribution is 7.91. The minimum atomic E-state index is -3.61. The number of pyridine rings is 1. The van der Waals surface area contributed by atoms with Crippen LogP contribution in [0.25, 0.3) is 0 Å². The monoisotopic (exact) mass is 490 g/mol. The van der Waals surface area contributed by atoms with Crippen molar-refractivity contribution in [2.24, 2.45) is 0 Å². The first-order chi connectivity index (χ1) is 15.3. The van der Waals surface area contributed by atoms with Gasteiger partial charge in [0.15, 0.2) is 9.84 Å². The van der Waals surface area contributed by atoms with Gasteiger partial charge in [0.25, 0.3) is 5.91 Å².